The maximum atomic E-state index is 6.09. The van der Waals surface area contributed by atoms with Crippen molar-refractivity contribution in [1.29, 1.82) is 0 Å². The number of benzene rings is 3. The van der Waals surface area contributed by atoms with Crippen LogP contribution in [0.1, 0.15) is 28.7 Å². The minimum atomic E-state index is 0.729. The van der Waals surface area contributed by atoms with Gasteiger partial charge in [0.2, 0.25) is 0 Å². The van der Waals surface area contributed by atoms with Gasteiger partial charge in [-0.15, -0.1) is 0 Å². The SMILES string of the molecule is COc1ccc(/C=C/C2=NC(c3ccc(Cl)cc3)=C(c3ccc(C)cc3)C2)cc1. The second-order valence-corrected chi connectivity index (χ2v) is 7.52. The molecule has 0 unspecified atom stereocenters. The maximum absolute atomic E-state index is 6.09. The Balaban J connectivity index is 1.66. The number of aliphatic imine (C=N–C) groups is 1. The van der Waals surface area contributed by atoms with E-state index in [2.05, 4.69) is 43.3 Å². The summed E-state index contributed by atoms with van der Waals surface area (Å²) < 4.78 is 5.23. The number of hydrogen-bond acceptors (Lipinski definition) is 2. The lowest BCUT2D eigenvalue weighted by Gasteiger charge is -2.07. The van der Waals surface area contributed by atoms with Crippen LogP contribution in [0.5, 0.6) is 5.75 Å². The Morgan fingerprint density at radius 3 is 2.14 bits per heavy atom. The van der Waals surface area contributed by atoms with Crippen LogP contribution in [0, 0.1) is 6.92 Å². The first-order chi connectivity index (χ1) is 14.1. The molecule has 4 rings (SSSR count). The number of nitrogens with zero attached hydrogens (tertiary/aromatic N) is 1. The fourth-order valence-electron chi connectivity index (χ4n) is 3.36. The van der Waals surface area contributed by atoms with E-state index in [-0.39, 0.29) is 0 Å². The molecule has 0 N–H and O–H groups in total. The summed E-state index contributed by atoms with van der Waals surface area (Å²) >= 11 is 6.09. The van der Waals surface area contributed by atoms with Gasteiger partial charge < -0.3 is 4.74 Å². The number of ether oxygens (including phenoxy) is 1. The van der Waals surface area contributed by atoms with Crippen molar-refractivity contribution < 1.29 is 4.74 Å². The molecule has 3 heteroatoms. The number of rotatable bonds is 5. The molecule has 0 fully saturated rings. The molecule has 1 aliphatic heterocycles. The van der Waals surface area contributed by atoms with E-state index in [4.69, 9.17) is 21.3 Å². The monoisotopic (exact) mass is 399 g/mol. The van der Waals surface area contributed by atoms with Crippen molar-refractivity contribution in [2.24, 2.45) is 4.99 Å². The summed E-state index contributed by atoms with van der Waals surface area (Å²) in [5, 5.41) is 0.729. The lowest BCUT2D eigenvalue weighted by atomic mass is 9.97. The lowest BCUT2D eigenvalue weighted by molar-refractivity contribution is 0.415. The molecule has 0 bridgehead atoms. The zero-order valence-electron chi connectivity index (χ0n) is 16.5. The lowest BCUT2D eigenvalue weighted by Crippen LogP contribution is -1.91. The van der Waals surface area contributed by atoms with Crippen LogP contribution in [0.15, 0.2) is 83.9 Å². The average molecular weight is 400 g/mol. The molecule has 0 saturated heterocycles. The van der Waals surface area contributed by atoms with Crippen LogP contribution in [0.3, 0.4) is 0 Å². The molecule has 0 saturated carbocycles. The molecule has 3 aromatic rings. The third-order valence-electron chi connectivity index (χ3n) is 5.00. The van der Waals surface area contributed by atoms with Gasteiger partial charge in [0.1, 0.15) is 5.75 Å². The van der Waals surface area contributed by atoms with Crippen LogP contribution in [-0.2, 0) is 0 Å². The Kier molecular flexibility index (Phi) is 5.64. The topological polar surface area (TPSA) is 21.6 Å². The highest BCUT2D eigenvalue weighted by molar-refractivity contribution is 6.30. The van der Waals surface area contributed by atoms with E-state index in [1.165, 1.54) is 16.7 Å². The summed E-state index contributed by atoms with van der Waals surface area (Å²) in [5.74, 6) is 0.855. The number of hydrogen-bond donors (Lipinski definition) is 0. The fraction of sp³-hybridized carbons (Fsp3) is 0.115. The van der Waals surface area contributed by atoms with E-state index in [0.717, 1.165) is 39.7 Å². The quantitative estimate of drug-likeness (QED) is 0.449. The molecule has 2 nitrogen and oxygen atoms in total. The van der Waals surface area contributed by atoms with Gasteiger partial charge in [-0.05, 0) is 54.0 Å². The van der Waals surface area contributed by atoms with E-state index in [1.807, 2.05) is 48.5 Å². The predicted molar refractivity (Wildman–Crippen MR) is 124 cm³/mol. The highest BCUT2D eigenvalue weighted by Crippen LogP contribution is 2.36. The third kappa shape index (κ3) is 4.49. The second kappa shape index (κ2) is 8.50. The Hall–Kier alpha value is -3.10. The molecule has 144 valence electrons. The fourth-order valence-corrected chi connectivity index (χ4v) is 3.49. The average Bonchev–Trinajstić information content (AvgIpc) is 3.18. The van der Waals surface area contributed by atoms with Crippen molar-refractivity contribution >= 4 is 34.7 Å². The van der Waals surface area contributed by atoms with Gasteiger partial charge in [-0.3, -0.25) is 4.99 Å². The van der Waals surface area contributed by atoms with Crippen molar-refractivity contribution in [3.8, 4) is 5.75 Å². The minimum absolute atomic E-state index is 0.729. The van der Waals surface area contributed by atoms with Gasteiger partial charge in [0.25, 0.3) is 0 Å². The first kappa shape index (κ1) is 19.2. The number of halogens is 1. The minimum Gasteiger partial charge on any atom is -0.497 e. The van der Waals surface area contributed by atoms with E-state index in [1.54, 1.807) is 7.11 Å². The van der Waals surface area contributed by atoms with Crippen molar-refractivity contribution in [2.75, 3.05) is 7.11 Å². The summed E-state index contributed by atoms with van der Waals surface area (Å²) in [7, 11) is 1.68. The molecule has 3 aromatic carbocycles. The van der Waals surface area contributed by atoms with Crippen molar-refractivity contribution in [3.63, 3.8) is 0 Å². The third-order valence-corrected chi connectivity index (χ3v) is 5.25. The highest BCUT2D eigenvalue weighted by Gasteiger charge is 2.19. The van der Waals surface area contributed by atoms with E-state index < -0.39 is 0 Å². The number of methoxy groups -OCH3 is 1. The standard InChI is InChI=1S/C26H22ClNO/c1-18-3-8-20(9-4-18)25-17-23(14-5-19-6-15-24(29-2)16-7-19)28-26(25)21-10-12-22(27)13-11-21/h3-16H,17H2,1-2H3/b14-5+. The molecule has 0 amide bonds. The van der Waals surface area contributed by atoms with Gasteiger partial charge in [0.15, 0.2) is 0 Å². The molecule has 29 heavy (non-hydrogen) atoms. The molecule has 0 radical (unpaired) electrons. The van der Waals surface area contributed by atoms with Crippen LogP contribution in [0.4, 0.5) is 0 Å². The number of aryl methyl sites for hydroxylation is 1. The van der Waals surface area contributed by atoms with E-state index in [9.17, 15) is 0 Å². The van der Waals surface area contributed by atoms with Crippen LogP contribution in [-0.4, -0.2) is 12.8 Å². The molecule has 0 spiro atoms. The van der Waals surface area contributed by atoms with Crippen molar-refractivity contribution in [2.45, 2.75) is 13.3 Å². The highest BCUT2D eigenvalue weighted by atomic mass is 35.5. The van der Waals surface area contributed by atoms with Crippen LogP contribution in [0.2, 0.25) is 5.02 Å². The molecular weight excluding hydrogens is 378 g/mol. The molecular formula is C26H22ClNO. The van der Waals surface area contributed by atoms with Crippen LogP contribution in [0.25, 0.3) is 17.3 Å². The van der Waals surface area contributed by atoms with Crippen LogP contribution < -0.4 is 4.74 Å². The summed E-state index contributed by atoms with van der Waals surface area (Å²) in [6, 6.07) is 24.5. The Bertz CT molecular complexity index is 1090. The van der Waals surface area contributed by atoms with Crippen LogP contribution >= 0.6 is 11.6 Å². The predicted octanol–water partition coefficient (Wildman–Crippen LogP) is 7.08. The first-order valence-electron chi connectivity index (χ1n) is 9.58. The molecule has 0 aliphatic carbocycles. The molecule has 0 aromatic heterocycles. The largest absolute Gasteiger partial charge is 0.497 e. The summed E-state index contributed by atoms with van der Waals surface area (Å²) in [5.41, 5.74) is 7.95. The van der Waals surface area contributed by atoms with Gasteiger partial charge in [0.05, 0.1) is 12.8 Å². The molecule has 0 atom stereocenters. The Labute approximate surface area is 176 Å². The van der Waals surface area contributed by atoms with Gasteiger partial charge in [0, 0.05) is 22.7 Å². The zero-order chi connectivity index (χ0) is 20.2. The number of allylic oxidation sites excluding steroid dienone is 2. The van der Waals surface area contributed by atoms with Gasteiger partial charge in [-0.1, -0.05) is 71.8 Å². The zero-order valence-corrected chi connectivity index (χ0v) is 17.3. The van der Waals surface area contributed by atoms with Gasteiger partial charge in [-0.25, -0.2) is 0 Å². The molecule has 1 aliphatic rings. The smallest absolute Gasteiger partial charge is 0.118 e. The Morgan fingerprint density at radius 1 is 0.828 bits per heavy atom. The maximum Gasteiger partial charge on any atom is 0.118 e. The van der Waals surface area contributed by atoms with Gasteiger partial charge >= 0.3 is 0 Å². The van der Waals surface area contributed by atoms with E-state index >= 15 is 0 Å². The summed E-state index contributed by atoms with van der Waals surface area (Å²) in [6.07, 6.45) is 4.99. The van der Waals surface area contributed by atoms with Crippen molar-refractivity contribution in [3.05, 3.63) is 106 Å². The summed E-state index contributed by atoms with van der Waals surface area (Å²) in [4.78, 5) is 4.96. The van der Waals surface area contributed by atoms with Gasteiger partial charge in [-0.2, -0.15) is 0 Å². The Morgan fingerprint density at radius 2 is 1.48 bits per heavy atom. The van der Waals surface area contributed by atoms with Crippen molar-refractivity contribution in [1.82, 2.24) is 0 Å². The molecule has 1 heterocycles. The van der Waals surface area contributed by atoms with E-state index in [0.29, 0.717) is 0 Å². The summed E-state index contributed by atoms with van der Waals surface area (Å²) in [6.45, 7) is 2.10. The second-order valence-electron chi connectivity index (χ2n) is 7.09. The first-order valence-corrected chi connectivity index (χ1v) is 9.96. The normalized spacial score (nSPS) is 13.8.